The van der Waals surface area contributed by atoms with Gasteiger partial charge in [-0.05, 0) is 36.6 Å². The van der Waals surface area contributed by atoms with Crippen molar-refractivity contribution in [1.29, 1.82) is 0 Å². The lowest BCUT2D eigenvalue weighted by molar-refractivity contribution is 0.0179. The summed E-state index contributed by atoms with van der Waals surface area (Å²) in [6.07, 6.45) is 2.04. The first-order valence-electron chi connectivity index (χ1n) is 7.97. The van der Waals surface area contributed by atoms with E-state index in [9.17, 15) is 5.11 Å². The number of rotatable bonds is 7. The summed E-state index contributed by atoms with van der Waals surface area (Å²) in [5.41, 5.74) is 0.344. The summed E-state index contributed by atoms with van der Waals surface area (Å²) in [4.78, 5) is 2.54. The summed E-state index contributed by atoms with van der Waals surface area (Å²) in [5, 5.41) is 13.4. The molecule has 3 unspecified atom stereocenters. The molecule has 0 radical (unpaired) electrons. The van der Waals surface area contributed by atoms with E-state index in [-0.39, 0.29) is 6.10 Å². The Balaban J connectivity index is 2.41. The van der Waals surface area contributed by atoms with Crippen molar-refractivity contribution in [3.8, 4) is 0 Å². The molecule has 1 fully saturated rings. The third-order valence-electron chi connectivity index (χ3n) is 4.51. The van der Waals surface area contributed by atoms with Crippen LogP contribution in [0.1, 0.15) is 47.5 Å². The van der Waals surface area contributed by atoms with E-state index < -0.39 is 0 Å². The van der Waals surface area contributed by atoms with E-state index in [0.29, 0.717) is 17.3 Å². The summed E-state index contributed by atoms with van der Waals surface area (Å²) in [6.45, 7) is 16.8. The van der Waals surface area contributed by atoms with Crippen LogP contribution in [0.3, 0.4) is 0 Å². The molecule has 3 nitrogen and oxygen atoms in total. The lowest BCUT2D eigenvalue weighted by Gasteiger charge is -2.40. The van der Waals surface area contributed by atoms with Crippen LogP contribution in [0.5, 0.6) is 0 Å². The predicted octanol–water partition coefficient (Wildman–Crippen LogP) is 2.35. The second kappa shape index (κ2) is 7.61. The molecule has 1 aliphatic rings. The Hall–Kier alpha value is -0.120. The van der Waals surface area contributed by atoms with Gasteiger partial charge in [-0.3, -0.25) is 0 Å². The zero-order chi connectivity index (χ0) is 14.5. The zero-order valence-corrected chi connectivity index (χ0v) is 13.6. The molecule has 3 atom stereocenters. The van der Waals surface area contributed by atoms with Crippen LogP contribution in [-0.4, -0.2) is 48.8 Å². The monoisotopic (exact) mass is 270 g/mol. The highest BCUT2D eigenvalue weighted by molar-refractivity contribution is 4.84. The first-order valence-corrected chi connectivity index (χ1v) is 7.97. The topological polar surface area (TPSA) is 35.5 Å². The molecule has 0 saturated carbocycles. The SMILES string of the molecule is CCC(C)(CNCC(C)C)CN1CCC(O)C(C)C1. The molecular weight excluding hydrogens is 236 g/mol. The average Bonchev–Trinajstić information content (AvgIpc) is 2.33. The van der Waals surface area contributed by atoms with Gasteiger partial charge in [-0.15, -0.1) is 0 Å². The Morgan fingerprint density at radius 1 is 1.42 bits per heavy atom. The third-order valence-corrected chi connectivity index (χ3v) is 4.51. The van der Waals surface area contributed by atoms with Gasteiger partial charge in [0.1, 0.15) is 0 Å². The van der Waals surface area contributed by atoms with Gasteiger partial charge >= 0.3 is 0 Å². The maximum atomic E-state index is 9.81. The molecule has 1 aliphatic heterocycles. The van der Waals surface area contributed by atoms with Gasteiger partial charge < -0.3 is 15.3 Å². The summed E-state index contributed by atoms with van der Waals surface area (Å²) in [6, 6.07) is 0. The van der Waals surface area contributed by atoms with Gasteiger partial charge in [-0.2, -0.15) is 0 Å². The zero-order valence-electron chi connectivity index (χ0n) is 13.6. The van der Waals surface area contributed by atoms with Crippen LogP contribution in [0.4, 0.5) is 0 Å². The molecule has 2 N–H and O–H groups in total. The van der Waals surface area contributed by atoms with Crippen LogP contribution >= 0.6 is 0 Å². The van der Waals surface area contributed by atoms with Crippen LogP contribution in [0.15, 0.2) is 0 Å². The van der Waals surface area contributed by atoms with E-state index in [1.165, 1.54) is 6.42 Å². The Kier molecular flexibility index (Phi) is 6.78. The lowest BCUT2D eigenvalue weighted by atomic mass is 9.85. The number of likely N-dealkylation sites (tertiary alicyclic amines) is 1. The molecule has 1 heterocycles. The number of piperidine rings is 1. The van der Waals surface area contributed by atoms with E-state index in [4.69, 9.17) is 0 Å². The Bertz CT molecular complexity index is 257. The van der Waals surface area contributed by atoms with Crippen LogP contribution in [0.2, 0.25) is 0 Å². The number of aliphatic hydroxyl groups excluding tert-OH is 1. The fraction of sp³-hybridized carbons (Fsp3) is 1.00. The summed E-state index contributed by atoms with van der Waals surface area (Å²) >= 11 is 0. The van der Waals surface area contributed by atoms with E-state index in [1.54, 1.807) is 0 Å². The van der Waals surface area contributed by atoms with E-state index in [1.807, 2.05) is 0 Å². The fourth-order valence-corrected chi connectivity index (χ4v) is 2.86. The second-order valence-electron chi connectivity index (χ2n) is 7.26. The van der Waals surface area contributed by atoms with E-state index in [0.717, 1.165) is 39.1 Å². The van der Waals surface area contributed by atoms with Gasteiger partial charge in [0, 0.05) is 26.2 Å². The second-order valence-corrected chi connectivity index (χ2v) is 7.26. The maximum absolute atomic E-state index is 9.81. The molecular formula is C16H34N2O. The predicted molar refractivity (Wildman–Crippen MR) is 82.3 cm³/mol. The molecule has 114 valence electrons. The highest BCUT2D eigenvalue weighted by Gasteiger charge is 2.30. The van der Waals surface area contributed by atoms with Gasteiger partial charge in [-0.1, -0.05) is 34.6 Å². The van der Waals surface area contributed by atoms with Crippen LogP contribution in [0, 0.1) is 17.3 Å². The minimum absolute atomic E-state index is 0.0943. The smallest absolute Gasteiger partial charge is 0.0590 e. The van der Waals surface area contributed by atoms with Crippen molar-refractivity contribution >= 4 is 0 Å². The number of nitrogens with one attached hydrogen (secondary N) is 1. The Morgan fingerprint density at radius 2 is 2.11 bits per heavy atom. The highest BCUT2D eigenvalue weighted by atomic mass is 16.3. The number of hydrogen-bond acceptors (Lipinski definition) is 3. The Morgan fingerprint density at radius 3 is 2.63 bits per heavy atom. The molecule has 0 amide bonds. The van der Waals surface area contributed by atoms with Crippen LogP contribution in [0.25, 0.3) is 0 Å². The van der Waals surface area contributed by atoms with Crippen molar-refractivity contribution in [2.75, 3.05) is 32.7 Å². The van der Waals surface area contributed by atoms with Crippen molar-refractivity contribution in [2.24, 2.45) is 17.3 Å². The van der Waals surface area contributed by atoms with Gasteiger partial charge in [0.05, 0.1) is 6.10 Å². The van der Waals surface area contributed by atoms with Crippen molar-refractivity contribution in [3.05, 3.63) is 0 Å². The third kappa shape index (κ3) is 5.80. The molecule has 3 heteroatoms. The number of nitrogens with zero attached hydrogens (tertiary/aromatic N) is 1. The number of aliphatic hydroxyl groups is 1. The van der Waals surface area contributed by atoms with E-state index >= 15 is 0 Å². The first kappa shape index (κ1) is 16.9. The normalized spacial score (nSPS) is 28.6. The fourth-order valence-electron chi connectivity index (χ4n) is 2.86. The molecule has 0 bridgehead atoms. The molecule has 0 spiro atoms. The quantitative estimate of drug-likeness (QED) is 0.745. The standard InChI is InChI=1S/C16H34N2O/c1-6-16(5,11-17-9-13(2)3)12-18-8-7-15(19)14(4)10-18/h13-15,17,19H,6-12H2,1-5H3. The molecule has 19 heavy (non-hydrogen) atoms. The van der Waals surface area contributed by atoms with Crippen LogP contribution < -0.4 is 5.32 Å². The van der Waals surface area contributed by atoms with Gasteiger partial charge in [0.2, 0.25) is 0 Å². The minimum atomic E-state index is -0.0943. The maximum Gasteiger partial charge on any atom is 0.0590 e. The minimum Gasteiger partial charge on any atom is -0.393 e. The van der Waals surface area contributed by atoms with Crippen molar-refractivity contribution in [1.82, 2.24) is 10.2 Å². The van der Waals surface area contributed by atoms with Crippen molar-refractivity contribution in [2.45, 2.75) is 53.6 Å². The summed E-state index contributed by atoms with van der Waals surface area (Å²) in [7, 11) is 0. The molecule has 1 saturated heterocycles. The molecule has 0 aromatic rings. The largest absolute Gasteiger partial charge is 0.393 e. The molecule has 0 aromatic carbocycles. The molecule has 0 aromatic heterocycles. The van der Waals surface area contributed by atoms with Crippen molar-refractivity contribution < 1.29 is 5.11 Å². The van der Waals surface area contributed by atoms with Crippen LogP contribution in [-0.2, 0) is 0 Å². The Labute approximate surface area is 119 Å². The summed E-state index contributed by atoms with van der Waals surface area (Å²) < 4.78 is 0. The van der Waals surface area contributed by atoms with E-state index in [2.05, 4.69) is 44.8 Å². The highest BCUT2D eigenvalue weighted by Crippen LogP contribution is 2.25. The van der Waals surface area contributed by atoms with Gasteiger partial charge in [-0.25, -0.2) is 0 Å². The van der Waals surface area contributed by atoms with Gasteiger partial charge in [0.25, 0.3) is 0 Å². The summed E-state index contributed by atoms with van der Waals surface area (Å²) in [5.74, 6) is 1.13. The lowest BCUT2D eigenvalue weighted by Crippen LogP contribution is -2.48. The molecule has 1 rings (SSSR count). The van der Waals surface area contributed by atoms with Crippen molar-refractivity contribution in [3.63, 3.8) is 0 Å². The average molecular weight is 270 g/mol. The molecule has 0 aliphatic carbocycles. The van der Waals surface area contributed by atoms with Gasteiger partial charge in [0.15, 0.2) is 0 Å². The first-order chi connectivity index (χ1) is 8.86. The number of hydrogen-bond donors (Lipinski definition) is 2.